The predicted octanol–water partition coefficient (Wildman–Crippen LogP) is 2.99. The molecule has 0 unspecified atom stereocenters. The van der Waals surface area contributed by atoms with E-state index in [2.05, 4.69) is 34.1 Å². The van der Waals surface area contributed by atoms with Gasteiger partial charge in [0.1, 0.15) is 5.76 Å². The Balaban J connectivity index is 2.40. The second kappa shape index (κ2) is 2.94. The van der Waals surface area contributed by atoms with Crippen molar-refractivity contribution in [1.82, 2.24) is 0 Å². The molecule has 1 aliphatic rings. The number of hydrogen-bond acceptors (Lipinski definition) is 1. The second-order valence-electron chi connectivity index (χ2n) is 2.83. The van der Waals surface area contributed by atoms with Crippen LogP contribution in [0.1, 0.15) is 11.1 Å². The minimum Gasteiger partial charge on any atom is -0.501 e. The highest BCUT2D eigenvalue weighted by Gasteiger charge is 2.12. The molecule has 0 fully saturated rings. The summed E-state index contributed by atoms with van der Waals surface area (Å²) in [6.07, 6.45) is 3.01. The van der Waals surface area contributed by atoms with Gasteiger partial charge in [-0.05, 0) is 29.3 Å². The van der Waals surface area contributed by atoms with E-state index in [-0.39, 0.29) is 0 Å². The predicted molar refractivity (Wildman–Crippen MR) is 52.8 cm³/mol. The van der Waals surface area contributed by atoms with Crippen molar-refractivity contribution in [2.75, 3.05) is 7.11 Å². The molecule has 62 valence electrons. The monoisotopic (exact) mass is 224 g/mol. The average molecular weight is 225 g/mol. The first-order valence-electron chi connectivity index (χ1n) is 3.82. The maximum absolute atomic E-state index is 5.18. The van der Waals surface area contributed by atoms with Crippen molar-refractivity contribution < 1.29 is 4.74 Å². The molecule has 0 spiro atoms. The smallest absolute Gasteiger partial charge is 0.100 e. The maximum Gasteiger partial charge on any atom is 0.100 e. The molecule has 0 saturated heterocycles. The zero-order chi connectivity index (χ0) is 8.55. The summed E-state index contributed by atoms with van der Waals surface area (Å²) in [4.78, 5) is 0. The van der Waals surface area contributed by atoms with Gasteiger partial charge >= 0.3 is 0 Å². The lowest BCUT2D eigenvalue weighted by molar-refractivity contribution is 0.289. The molecule has 1 aromatic rings. The van der Waals surface area contributed by atoms with E-state index in [9.17, 15) is 0 Å². The van der Waals surface area contributed by atoms with Gasteiger partial charge in [-0.1, -0.05) is 22.0 Å². The molecule has 0 heterocycles. The van der Waals surface area contributed by atoms with Crippen LogP contribution in [0, 0.1) is 0 Å². The SMILES string of the molecule is COC1=Cc2ccc(Br)cc2C1. The van der Waals surface area contributed by atoms with E-state index in [1.54, 1.807) is 7.11 Å². The lowest BCUT2D eigenvalue weighted by Gasteiger charge is -1.99. The zero-order valence-corrected chi connectivity index (χ0v) is 8.39. The molecule has 1 aliphatic carbocycles. The summed E-state index contributed by atoms with van der Waals surface area (Å²) in [6.45, 7) is 0. The van der Waals surface area contributed by atoms with Crippen LogP contribution in [-0.4, -0.2) is 7.11 Å². The van der Waals surface area contributed by atoms with E-state index >= 15 is 0 Å². The Bertz CT molecular complexity index is 342. The molecule has 1 nitrogen and oxygen atoms in total. The van der Waals surface area contributed by atoms with Gasteiger partial charge in [-0.25, -0.2) is 0 Å². The summed E-state index contributed by atoms with van der Waals surface area (Å²) in [5, 5.41) is 0. The average Bonchev–Trinajstić information content (AvgIpc) is 2.46. The molecule has 0 amide bonds. The Kier molecular flexibility index (Phi) is 1.93. The van der Waals surface area contributed by atoms with Gasteiger partial charge in [0.25, 0.3) is 0 Å². The number of ether oxygens (including phenoxy) is 1. The van der Waals surface area contributed by atoms with Crippen LogP contribution in [0.25, 0.3) is 6.08 Å². The van der Waals surface area contributed by atoms with Crippen LogP contribution in [0.3, 0.4) is 0 Å². The van der Waals surface area contributed by atoms with Gasteiger partial charge in [0.2, 0.25) is 0 Å². The lowest BCUT2D eigenvalue weighted by atomic mass is 10.1. The second-order valence-corrected chi connectivity index (χ2v) is 3.75. The number of rotatable bonds is 1. The van der Waals surface area contributed by atoms with Crippen molar-refractivity contribution in [3.63, 3.8) is 0 Å². The fourth-order valence-corrected chi connectivity index (χ4v) is 1.82. The number of methoxy groups -OCH3 is 1. The first-order valence-corrected chi connectivity index (χ1v) is 4.62. The molecule has 2 rings (SSSR count). The molecule has 0 bridgehead atoms. The van der Waals surface area contributed by atoms with Crippen LogP contribution in [0.4, 0.5) is 0 Å². The number of fused-ring (bicyclic) bond motifs is 1. The molecule has 0 atom stereocenters. The molecule has 0 radical (unpaired) electrons. The van der Waals surface area contributed by atoms with E-state index in [0.29, 0.717) is 0 Å². The summed E-state index contributed by atoms with van der Waals surface area (Å²) in [5.74, 6) is 1.04. The molecule has 0 aliphatic heterocycles. The lowest BCUT2D eigenvalue weighted by Crippen LogP contribution is -1.86. The number of benzene rings is 1. The summed E-state index contributed by atoms with van der Waals surface area (Å²) in [6, 6.07) is 6.29. The third-order valence-electron chi connectivity index (χ3n) is 2.05. The fraction of sp³-hybridized carbons (Fsp3) is 0.200. The highest BCUT2D eigenvalue weighted by Crippen LogP contribution is 2.27. The van der Waals surface area contributed by atoms with Crippen molar-refractivity contribution >= 4 is 22.0 Å². The van der Waals surface area contributed by atoms with Crippen LogP contribution < -0.4 is 0 Å². The van der Waals surface area contributed by atoms with Gasteiger partial charge in [-0.3, -0.25) is 0 Å². The van der Waals surface area contributed by atoms with Crippen molar-refractivity contribution in [2.45, 2.75) is 6.42 Å². The highest BCUT2D eigenvalue weighted by molar-refractivity contribution is 9.10. The van der Waals surface area contributed by atoms with Gasteiger partial charge in [0, 0.05) is 10.9 Å². The summed E-state index contributed by atoms with van der Waals surface area (Å²) < 4.78 is 6.31. The Morgan fingerprint density at radius 2 is 2.25 bits per heavy atom. The minimum absolute atomic E-state index is 0.922. The van der Waals surface area contributed by atoms with Crippen molar-refractivity contribution in [1.29, 1.82) is 0 Å². The van der Waals surface area contributed by atoms with E-state index in [1.165, 1.54) is 11.1 Å². The molecule has 0 saturated carbocycles. The molecular weight excluding hydrogens is 216 g/mol. The van der Waals surface area contributed by atoms with Crippen LogP contribution >= 0.6 is 15.9 Å². The van der Waals surface area contributed by atoms with Crippen molar-refractivity contribution in [3.8, 4) is 0 Å². The van der Waals surface area contributed by atoms with Crippen molar-refractivity contribution in [2.24, 2.45) is 0 Å². The van der Waals surface area contributed by atoms with Crippen LogP contribution in [0.2, 0.25) is 0 Å². The number of halogens is 1. The largest absolute Gasteiger partial charge is 0.501 e. The minimum atomic E-state index is 0.922. The van der Waals surface area contributed by atoms with Gasteiger partial charge in [-0.15, -0.1) is 0 Å². The zero-order valence-electron chi connectivity index (χ0n) is 6.80. The first kappa shape index (κ1) is 7.87. The van der Waals surface area contributed by atoms with Gasteiger partial charge in [0.15, 0.2) is 0 Å². The third kappa shape index (κ3) is 1.27. The quantitative estimate of drug-likeness (QED) is 0.713. The fourth-order valence-electron chi connectivity index (χ4n) is 1.41. The van der Waals surface area contributed by atoms with Crippen LogP contribution in [0.5, 0.6) is 0 Å². The van der Waals surface area contributed by atoms with Gasteiger partial charge in [0.05, 0.1) is 7.11 Å². The molecule has 0 N–H and O–H groups in total. The van der Waals surface area contributed by atoms with Crippen molar-refractivity contribution in [3.05, 3.63) is 39.6 Å². The normalized spacial score (nSPS) is 14.0. The standard InChI is InChI=1S/C10H9BrO/c1-12-10-5-7-2-3-9(11)4-8(7)6-10/h2-5H,6H2,1H3. The summed E-state index contributed by atoms with van der Waals surface area (Å²) >= 11 is 3.44. The van der Waals surface area contributed by atoms with E-state index in [1.807, 2.05) is 6.07 Å². The molecule has 1 aromatic carbocycles. The number of hydrogen-bond donors (Lipinski definition) is 0. The van der Waals surface area contributed by atoms with E-state index in [4.69, 9.17) is 4.74 Å². The molecular formula is C10H9BrO. The molecule has 2 heteroatoms. The first-order chi connectivity index (χ1) is 5.79. The van der Waals surface area contributed by atoms with E-state index < -0.39 is 0 Å². The number of allylic oxidation sites excluding steroid dienone is 1. The highest BCUT2D eigenvalue weighted by atomic mass is 79.9. The van der Waals surface area contributed by atoms with Gasteiger partial charge in [-0.2, -0.15) is 0 Å². The van der Waals surface area contributed by atoms with E-state index in [0.717, 1.165) is 16.7 Å². The van der Waals surface area contributed by atoms with Crippen LogP contribution in [0.15, 0.2) is 28.4 Å². The maximum atomic E-state index is 5.18. The Morgan fingerprint density at radius 1 is 1.42 bits per heavy atom. The third-order valence-corrected chi connectivity index (χ3v) is 2.54. The molecule has 0 aromatic heterocycles. The van der Waals surface area contributed by atoms with Crippen LogP contribution in [-0.2, 0) is 11.2 Å². The Morgan fingerprint density at radius 3 is 3.00 bits per heavy atom. The Hall–Kier alpha value is -0.760. The summed E-state index contributed by atoms with van der Waals surface area (Å²) in [5.41, 5.74) is 2.61. The summed E-state index contributed by atoms with van der Waals surface area (Å²) in [7, 11) is 1.72. The Labute approximate surface area is 80.2 Å². The topological polar surface area (TPSA) is 9.23 Å². The van der Waals surface area contributed by atoms with Gasteiger partial charge < -0.3 is 4.74 Å². The molecule has 12 heavy (non-hydrogen) atoms.